The summed E-state index contributed by atoms with van der Waals surface area (Å²) in [5.41, 5.74) is 0.539. The number of pyridine rings is 1. The molecule has 1 N–H and O–H groups in total. The molecule has 3 rings (SSSR count). The molecule has 10 nitrogen and oxygen atoms in total. The van der Waals surface area contributed by atoms with Gasteiger partial charge in [0.05, 0.1) is 21.3 Å². The van der Waals surface area contributed by atoms with Crippen molar-refractivity contribution in [2.45, 2.75) is 16.7 Å². The number of aromatic nitrogens is 1. The Hall–Kier alpha value is -2.83. The normalized spacial score (nSPS) is 15.3. The van der Waals surface area contributed by atoms with E-state index in [2.05, 4.69) is 4.98 Å². The van der Waals surface area contributed by atoms with Gasteiger partial charge < -0.3 is 4.84 Å². The summed E-state index contributed by atoms with van der Waals surface area (Å²) in [6.45, 7) is 1.54. The van der Waals surface area contributed by atoms with Crippen LogP contribution in [0.4, 0.5) is 0 Å². The summed E-state index contributed by atoms with van der Waals surface area (Å²) in [5.74, 6) is -2.12. The zero-order valence-corrected chi connectivity index (χ0v) is 17.7. The van der Waals surface area contributed by atoms with Gasteiger partial charge in [-0.1, -0.05) is 6.07 Å². The minimum Gasteiger partial charge on any atom is -0.364 e. The SMILES string of the molecule is Cc1ccc(S(C)(=O)=O)cc1S(=O)(=O)NC(=O)C1CN(OC(=O)c2cccnc2)C1. The molecular formula is C18H19N3O7S2. The van der Waals surface area contributed by atoms with Crippen molar-refractivity contribution in [3.8, 4) is 0 Å². The average molecular weight is 453 g/mol. The molecule has 0 radical (unpaired) electrons. The molecule has 1 fully saturated rings. The fraction of sp³-hybridized carbons (Fsp3) is 0.278. The topological polar surface area (TPSA) is 140 Å². The molecule has 1 amide bonds. The molecule has 1 aromatic carbocycles. The zero-order chi connectivity index (χ0) is 22.1. The number of carbonyl (C=O) groups is 2. The number of amides is 1. The van der Waals surface area contributed by atoms with Gasteiger partial charge in [-0.15, -0.1) is 5.06 Å². The van der Waals surface area contributed by atoms with E-state index in [-0.39, 0.29) is 28.4 Å². The Bertz CT molecular complexity index is 1190. The first-order valence-electron chi connectivity index (χ1n) is 8.72. The molecule has 160 valence electrons. The Kier molecular flexibility index (Phi) is 5.92. The molecule has 0 saturated carbocycles. The third-order valence-corrected chi connectivity index (χ3v) is 7.04. The number of sulfonamides is 1. The summed E-state index contributed by atoms with van der Waals surface area (Å²) in [7, 11) is -7.90. The monoisotopic (exact) mass is 453 g/mol. The van der Waals surface area contributed by atoms with Gasteiger partial charge in [0, 0.05) is 31.7 Å². The molecule has 1 aliphatic rings. The zero-order valence-electron chi connectivity index (χ0n) is 16.1. The van der Waals surface area contributed by atoms with Crippen molar-refractivity contribution in [1.29, 1.82) is 0 Å². The van der Waals surface area contributed by atoms with Crippen molar-refractivity contribution in [2.24, 2.45) is 5.92 Å². The van der Waals surface area contributed by atoms with Gasteiger partial charge in [-0.25, -0.2) is 26.4 Å². The quantitative estimate of drug-likeness (QED) is 0.654. The highest BCUT2D eigenvalue weighted by Gasteiger charge is 2.37. The largest absolute Gasteiger partial charge is 0.364 e. The van der Waals surface area contributed by atoms with Crippen LogP contribution in [0.5, 0.6) is 0 Å². The van der Waals surface area contributed by atoms with E-state index < -0.39 is 37.7 Å². The highest BCUT2D eigenvalue weighted by Crippen LogP contribution is 2.22. The first-order chi connectivity index (χ1) is 14.0. The van der Waals surface area contributed by atoms with Gasteiger partial charge in [-0.05, 0) is 36.8 Å². The Balaban J connectivity index is 1.62. The lowest BCUT2D eigenvalue weighted by atomic mass is 10.0. The number of nitrogens with one attached hydrogen (secondary N) is 1. The summed E-state index contributed by atoms with van der Waals surface area (Å²) in [6, 6.07) is 6.78. The number of hydrogen-bond acceptors (Lipinski definition) is 9. The van der Waals surface area contributed by atoms with Crippen LogP contribution in [0.2, 0.25) is 0 Å². The van der Waals surface area contributed by atoms with Crippen molar-refractivity contribution in [3.05, 3.63) is 53.9 Å². The highest BCUT2D eigenvalue weighted by molar-refractivity contribution is 7.91. The molecule has 0 aliphatic carbocycles. The minimum atomic E-state index is -4.28. The van der Waals surface area contributed by atoms with E-state index in [1.165, 1.54) is 42.6 Å². The second-order valence-electron chi connectivity index (χ2n) is 6.83. The molecule has 1 aliphatic heterocycles. The highest BCUT2D eigenvalue weighted by atomic mass is 32.2. The Morgan fingerprint density at radius 1 is 1.17 bits per heavy atom. The number of carbonyl (C=O) groups excluding carboxylic acids is 2. The van der Waals surface area contributed by atoms with Crippen molar-refractivity contribution in [1.82, 2.24) is 14.8 Å². The summed E-state index contributed by atoms with van der Waals surface area (Å²) >= 11 is 0. The Morgan fingerprint density at radius 2 is 1.87 bits per heavy atom. The number of aryl methyl sites for hydroxylation is 1. The van der Waals surface area contributed by atoms with Crippen LogP contribution in [0.1, 0.15) is 15.9 Å². The first-order valence-corrected chi connectivity index (χ1v) is 12.1. The van der Waals surface area contributed by atoms with Crippen LogP contribution in [0, 0.1) is 12.8 Å². The number of hydroxylamine groups is 2. The lowest BCUT2D eigenvalue weighted by Gasteiger charge is -2.35. The average Bonchev–Trinajstić information content (AvgIpc) is 2.63. The molecule has 0 unspecified atom stereocenters. The van der Waals surface area contributed by atoms with Crippen molar-refractivity contribution < 1.29 is 31.3 Å². The first kappa shape index (κ1) is 21.9. The van der Waals surface area contributed by atoms with E-state index in [1.54, 1.807) is 6.07 Å². The van der Waals surface area contributed by atoms with Crippen LogP contribution >= 0.6 is 0 Å². The number of benzene rings is 1. The maximum absolute atomic E-state index is 12.6. The Morgan fingerprint density at radius 3 is 2.47 bits per heavy atom. The van der Waals surface area contributed by atoms with Crippen LogP contribution in [0.3, 0.4) is 0 Å². The molecule has 0 spiro atoms. The van der Waals surface area contributed by atoms with Gasteiger partial charge in [0.1, 0.15) is 0 Å². The van der Waals surface area contributed by atoms with Crippen molar-refractivity contribution in [3.63, 3.8) is 0 Å². The third-order valence-electron chi connectivity index (χ3n) is 4.44. The summed E-state index contributed by atoms with van der Waals surface area (Å²) in [6.07, 6.45) is 3.81. The van der Waals surface area contributed by atoms with E-state index >= 15 is 0 Å². The second-order valence-corrected chi connectivity index (χ2v) is 10.5. The lowest BCUT2D eigenvalue weighted by molar-refractivity contribution is -0.180. The smallest absolute Gasteiger partial charge is 0.358 e. The van der Waals surface area contributed by atoms with Gasteiger partial charge in [0.25, 0.3) is 10.0 Å². The van der Waals surface area contributed by atoms with E-state index in [9.17, 15) is 26.4 Å². The maximum Gasteiger partial charge on any atom is 0.358 e. The Labute approximate surface area is 173 Å². The molecule has 2 heterocycles. The van der Waals surface area contributed by atoms with E-state index in [0.717, 1.165) is 12.3 Å². The number of hydrogen-bond donors (Lipinski definition) is 1. The molecule has 1 aromatic heterocycles. The number of rotatable bonds is 6. The third kappa shape index (κ3) is 4.83. The lowest BCUT2D eigenvalue weighted by Crippen LogP contribution is -2.54. The van der Waals surface area contributed by atoms with E-state index in [1.807, 2.05) is 4.72 Å². The van der Waals surface area contributed by atoms with Gasteiger partial charge in [-0.3, -0.25) is 9.78 Å². The van der Waals surface area contributed by atoms with Crippen LogP contribution in [0.15, 0.2) is 52.5 Å². The van der Waals surface area contributed by atoms with Crippen molar-refractivity contribution in [2.75, 3.05) is 19.3 Å². The molecular weight excluding hydrogens is 434 g/mol. The predicted molar refractivity (Wildman–Crippen MR) is 104 cm³/mol. The summed E-state index contributed by atoms with van der Waals surface area (Å²) in [4.78, 5) is 32.7. The van der Waals surface area contributed by atoms with Crippen LogP contribution < -0.4 is 4.72 Å². The molecule has 30 heavy (non-hydrogen) atoms. The van der Waals surface area contributed by atoms with Gasteiger partial charge in [0.15, 0.2) is 9.84 Å². The van der Waals surface area contributed by atoms with E-state index in [0.29, 0.717) is 5.56 Å². The predicted octanol–water partition coefficient (Wildman–Crippen LogP) is 0.302. The fourth-order valence-corrected chi connectivity index (χ4v) is 4.74. The van der Waals surface area contributed by atoms with Gasteiger partial charge in [-0.2, -0.15) is 0 Å². The van der Waals surface area contributed by atoms with Gasteiger partial charge in [0.2, 0.25) is 5.91 Å². The second kappa shape index (κ2) is 8.13. The summed E-state index contributed by atoms with van der Waals surface area (Å²) < 4.78 is 50.6. The maximum atomic E-state index is 12.6. The van der Waals surface area contributed by atoms with Gasteiger partial charge >= 0.3 is 5.97 Å². The summed E-state index contributed by atoms with van der Waals surface area (Å²) in [5, 5.41) is 1.24. The van der Waals surface area contributed by atoms with Crippen LogP contribution in [-0.4, -0.2) is 58.1 Å². The standard InChI is InChI=1S/C18H19N3O7S2/c1-12-5-6-15(29(2,24)25)8-16(12)30(26,27)20-17(22)14-10-21(11-14)28-18(23)13-4-3-7-19-9-13/h3-9,14H,10-11H2,1-2H3,(H,20,22). The molecule has 12 heteroatoms. The van der Waals surface area contributed by atoms with Crippen molar-refractivity contribution >= 4 is 31.7 Å². The molecule has 2 aromatic rings. The molecule has 1 saturated heterocycles. The fourth-order valence-electron chi connectivity index (χ4n) is 2.70. The minimum absolute atomic E-state index is 0.0235. The van der Waals surface area contributed by atoms with E-state index in [4.69, 9.17) is 4.84 Å². The molecule has 0 bridgehead atoms. The van der Waals surface area contributed by atoms with Crippen LogP contribution in [-0.2, 0) is 29.5 Å². The number of nitrogens with zero attached hydrogens (tertiary/aromatic N) is 2. The molecule has 0 atom stereocenters. The van der Waals surface area contributed by atoms with Crippen LogP contribution in [0.25, 0.3) is 0 Å². The number of sulfone groups is 1.